The molecular formula is C21H29IO4. The second kappa shape index (κ2) is 10.0. The van der Waals surface area contributed by atoms with E-state index in [9.17, 15) is 4.79 Å². The number of hydrogen-bond acceptors (Lipinski definition) is 4. The number of fused-ring (bicyclic) bond motifs is 1. The van der Waals surface area contributed by atoms with E-state index in [1.54, 1.807) is 0 Å². The third-order valence-corrected chi connectivity index (χ3v) is 7.12. The van der Waals surface area contributed by atoms with Crippen molar-refractivity contribution in [3.05, 3.63) is 35.9 Å². The summed E-state index contributed by atoms with van der Waals surface area (Å²) in [5.74, 6) is 1.13. The van der Waals surface area contributed by atoms with Crippen LogP contribution in [0.15, 0.2) is 30.3 Å². The van der Waals surface area contributed by atoms with Gasteiger partial charge in [-0.2, -0.15) is 0 Å². The molecule has 0 N–H and O–H groups in total. The lowest BCUT2D eigenvalue weighted by atomic mass is 9.91. The fraction of sp³-hybridized carbons (Fsp3) is 0.667. The molecule has 0 radical (unpaired) electrons. The van der Waals surface area contributed by atoms with E-state index in [1.165, 1.54) is 19.1 Å². The van der Waals surface area contributed by atoms with Crippen LogP contribution in [0.1, 0.15) is 44.1 Å². The van der Waals surface area contributed by atoms with Crippen LogP contribution in [-0.2, 0) is 25.6 Å². The van der Waals surface area contributed by atoms with Crippen molar-refractivity contribution in [1.82, 2.24) is 0 Å². The van der Waals surface area contributed by atoms with Crippen LogP contribution in [0, 0.1) is 11.8 Å². The van der Waals surface area contributed by atoms with E-state index in [0.29, 0.717) is 41.0 Å². The fourth-order valence-corrected chi connectivity index (χ4v) is 5.15. The van der Waals surface area contributed by atoms with Crippen molar-refractivity contribution < 1.29 is 19.0 Å². The number of rotatable bonds is 9. The summed E-state index contributed by atoms with van der Waals surface area (Å²) in [6.07, 6.45) is 6.62. The first-order valence-corrected chi connectivity index (χ1v) is 10.9. The molecule has 0 aromatic heterocycles. The molecule has 1 saturated carbocycles. The number of carbonyl (C=O) groups is 1. The molecule has 0 amide bonds. The van der Waals surface area contributed by atoms with E-state index < -0.39 is 0 Å². The molecule has 5 atom stereocenters. The summed E-state index contributed by atoms with van der Waals surface area (Å²) in [5.41, 5.74) is 1.24. The van der Waals surface area contributed by atoms with Gasteiger partial charge in [0.15, 0.2) is 0 Å². The third-order valence-electron chi connectivity index (χ3n) is 5.69. The molecule has 5 unspecified atom stereocenters. The highest BCUT2D eigenvalue weighted by atomic mass is 127. The zero-order valence-corrected chi connectivity index (χ0v) is 17.6. The van der Waals surface area contributed by atoms with Gasteiger partial charge in [0, 0.05) is 10.3 Å². The van der Waals surface area contributed by atoms with Crippen LogP contribution in [0.3, 0.4) is 0 Å². The van der Waals surface area contributed by atoms with Gasteiger partial charge in [0.2, 0.25) is 0 Å². The molecule has 1 aliphatic heterocycles. The Hall–Kier alpha value is -0.660. The van der Waals surface area contributed by atoms with E-state index >= 15 is 0 Å². The minimum atomic E-state index is -0.117. The minimum absolute atomic E-state index is 0.117. The summed E-state index contributed by atoms with van der Waals surface area (Å²) in [6, 6.07) is 10.4. The molecule has 1 heterocycles. The van der Waals surface area contributed by atoms with Gasteiger partial charge in [-0.05, 0) is 49.5 Å². The number of benzene rings is 1. The van der Waals surface area contributed by atoms with Crippen LogP contribution < -0.4 is 0 Å². The fourth-order valence-electron chi connectivity index (χ4n) is 4.24. The predicted octanol–water partition coefficient (Wildman–Crippen LogP) is 4.53. The molecule has 5 heteroatoms. The minimum Gasteiger partial charge on any atom is -0.469 e. The van der Waals surface area contributed by atoms with Crippen molar-refractivity contribution in [1.29, 1.82) is 0 Å². The zero-order chi connectivity index (χ0) is 18.4. The number of hydrogen-bond donors (Lipinski definition) is 0. The van der Waals surface area contributed by atoms with Gasteiger partial charge >= 0.3 is 5.97 Å². The lowest BCUT2D eigenvalue weighted by Gasteiger charge is -2.20. The topological polar surface area (TPSA) is 44.8 Å². The zero-order valence-electron chi connectivity index (χ0n) is 15.4. The van der Waals surface area contributed by atoms with Gasteiger partial charge in [-0.25, -0.2) is 0 Å². The number of halogens is 1. The van der Waals surface area contributed by atoms with Crippen molar-refractivity contribution in [2.45, 2.75) is 61.3 Å². The second-order valence-corrected chi connectivity index (χ2v) is 9.04. The molecule has 1 aromatic carbocycles. The Morgan fingerprint density at radius 3 is 2.88 bits per heavy atom. The maximum absolute atomic E-state index is 11.3. The summed E-state index contributed by atoms with van der Waals surface area (Å²) >= 11 is 2.50. The van der Waals surface area contributed by atoms with E-state index in [1.807, 2.05) is 6.07 Å². The highest BCUT2D eigenvalue weighted by Crippen LogP contribution is 2.45. The Balaban J connectivity index is 1.39. The van der Waals surface area contributed by atoms with Gasteiger partial charge in [-0.15, -0.1) is 0 Å². The van der Waals surface area contributed by atoms with Crippen molar-refractivity contribution in [3.8, 4) is 0 Å². The Morgan fingerprint density at radius 1 is 1.31 bits per heavy atom. The lowest BCUT2D eigenvalue weighted by Crippen LogP contribution is -2.22. The lowest BCUT2D eigenvalue weighted by molar-refractivity contribution is -0.140. The molecule has 1 aliphatic carbocycles. The second-order valence-electron chi connectivity index (χ2n) is 7.44. The van der Waals surface area contributed by atoms with Crippen molar-refractivity contribution in [2.75, 3.05) is 13.7 Å². The Labute approximate surface area is 170 Å². The normalized spacial score (nSPS) is 28.7. The Kier molecular flexibility index (Phi) is 7.76. The average Bonchev–Trinajstić information content (AvgIpc) is 3.24. The quantitative estimate of drug-likeness (QED) is 0.301. The summed E-state index contributed by atoms with van der Waals surface area (Å²) in [4.78, 5) is 11.3. The number of methoxy groups -OCH3 is 1. The highest BCUT2D eigenvalue weighted by molar-refractivity contribution is 14.1. The van der Waals surface area contributed by atoms with Crippen LogP contribution in [0.5, 0.6) is 0 Å². The molecule has 144 valence electrons. The molecule has 4 nitrogen and oxygen atoms in total. The average molecular weight is 472 g/mol. The smallest absolute Gasteiger partial charge is 0.305 e. The van der Waals surface area contributed by atoms with E-state index in [0.717, 1.165) is 32.3 Å². The van der Waals surface area contributed by atoms with Gasteiger partial charge in [0.05, 0.1) is 32.5 Å². The number of alkyl halides is 1. The van der Waals surface area contributed by atoms with Crippen LogP contribution in [-0.4, -0.2) is 35.8 Å². The maximum atomic E-state index is 11.3. The van der Waals surface area contributed by atoms with E-state index in [-0.39, 0.29) is 5.97 Å². The van der Waals surface area contributed by atoms with Crippen molar-refractivity contribution >= 4 is 28.6 Å². The number of ether oxygens (including phenoxy) is 3. The molecule has 0 bridgehead atoms. The summed E-state index contributed by atoms with van der Waals surface area (Å²) < 4.78 is 17.5. The molecule has 2 fully saturated rings. The molecule has 3 rings (SSSR count). The Morgan fingerprint density at radius 2 is 2.12 bits per heavy atom. The largest absolute Gasteiger partial charge is 0.469 e. The van der Waals surface area contributed by atoms with Crippen LogP contribution in [0.4, 0.5) is 0 Å². The van der Waals surface area contributed by atoms with Crippen LogP contribution in [0.25, 0.3) is 0 Å². The summed E-state index contributed by atoms with van der Waals surface area (Å²) in [6.45, 7) is 1.53. The summed E-state index contributed by atoms with van der Waals surface area (Å²) in [5, 5.41) is 0. The molecule has 1 aromatic rings. The first-order valence-electron chi connectivity index (χ1n) is 9.65. The van der Waals surface area contributed by atoms with Gasteiger partial charge in [0.1, 0.15) is 0 Å². The van der Waals surface area contributed by atoms with E-state index in [4.69, 9.17) is 14.2 Å². The highest BCUT2D eigenvalue weighted by Gasteiger charge is 2.45. The standard InChI is InChI=1S/C21H29IO4/c1-24-21(23)9-5-8-18(22)20-12-17-16(10-11-19(17)26-20)14-25-13-15-6-3-2-4-7-15/h2-4,6-7,16-20H,5,8-14H2,1H3. The van der Waals surface area contributed by atoms with Gasteiger partial charge < -0.3 is 14.2 Å². The Bertz CT molecular complexity index is 564. The third kappa shape index (κ3) is 5.42. The maximum Gasteiger partial charge on any atom is 0.305 e. The summed E-state index contributed by atoms with van der Waals surface area (Å²) in [7, 11) is 1.45. The SMILES string of the molecule is COC(=O)CCCC(I)C1CC2C(COCc3ccccc3)CCC2O1. The van der Waals surface area contributed by atoms with Gasteiger partial charge in [-0.3, -0.25) is 4.79 Å². The number of carbonyl (C=O) groups excluding carboxylic acids is 1. The first-order chi connectivity index (χ1) is 12.7. The van der Waals surface area contributed by atoms with Crippen LogP contribution in [0.2, 0.25) is 0 Å². The first kappa shape index (κ1) is 20.1. The van der Waals surface area contributed by atoms with Crippen molar-refractivity contribution in [2.24, 2.45) is 11.8 Å². The van der Waals surface area contributed by atoms with Gasteiger partial charge in [0.25, 0.3) is 0 Å². The van der Waals surface area contributed by atoms with Crippen molar-refractivity contribution in [3.63, 3.8) is 0 Å². The van der Waals surface area contributed by atoms with Gasteiger partial charge in [-0.1, -0.05) is 52.9 Å². The molecule has 2 aliphatic rings. The predicted molar refractivity (Wildman–Crippen MR) is 109 cm³/mol. The molecule has 26 heavy (non-hydrogen) atoms. The monoisotopic (exact) mass is 472 g/mol. The van der Waals surface area contributed by atoms with E-state index in [2.05, 4.69) is 46.9 Å². The van der Waals surface area contributed by atoms with Crippen LogP contribution >= 0.6 is 22.6 Å². The molecule has 0 spiro atoms. The molecule has 1 saturated heterocycles. The number of esters is 1. The molecular weight excluding hydrogens is 443 g/mol.